The van der Waals surface area contributed by atoms with Gasteiger partial charge in [-0.15, -0.1) is 11.6 Å². The molecule has 0 radical (unpaired) electrons. The van der Waals surface area contributed by atoms with Gasteiger partial charge in [0.25, 0.3) is 0 Å². The van der Waals surface area contributed by atoms with Crippen molar-refractivity contribution < 1.29 is 4.74 Å². The fourth-order valence-corrected chi connectivity index (χ4v) is 3.59. The topological polar surface area (TPSA) is 22.1 Å². The third kappa shape index (κ3) is 2.32. The molecule has 4 heteroatoms. The lowest BCUT2D eigenvalue weighted by Gasteiger charge is -2.52. The van der Waals surface area contributed by atoms with Crippen LogP contribution in [0, 0.1) is 5.41 Å². The first-order valence-corrected chi connectivity index (χ1v) is 7.26. The minimum Gasteiger partial charge on any atom is -0.488 e. The van der Waals surface area contributed by atoms with Gasteiger partial charge in [0.1, 0.15) is 11.9 Å². The van der Waals surface area contributed by atoms with Crippen molar-refractivity contribution in [2.75, 3.05) is 0 Å². The minimum atomic E-state index is 0.129. The average molecular weight is 319 g/mol. The highest BCUT2D eigenvalue weighted by molar-refractivity contribution is 9.10. The van der Waals surface area contributed by atoms with E-state index in [4.69, 9.17) is 16.3 Å². The fraction of sp³-hybridized carbons (Fsp3) is 0.615. The zero-order valence-electron chi connectivity index (χ0n) is 10.1. The maximum Gasteiger partial charge on any atom is 0.139 e. The van der Waals surface area contributed by atoms with Crippen LogP contribution in [-0.2, 0) is 0 Å². The Morgan fingerprint density at radius 2 is 2.18 bits per heavy atom. The van der Waals surface area contributed by atoms with Gasteiger partial charge in [-0.25, -0.2) is 0 Å². The van der Waals surface area contributed by atoms with E-state index in [0.29, 0.717) is 0 Å². The molecule has 1 aromatic rings. The Bertz CT molecular complexity index is 395. The van der Waals surface area contributed by atoms with Crippen molar-refractivity contribution in [2.24, 2.45) is 5.41 Å². The Morgan fingerprint density at radius 1 is 1.47 bits per heavy atom. The molecule has 0 bridgehead atoms. The van der Waals surface area contributed by atoms with Gasteiger partial charge in [-0.1, -0.05) is 13.8 Å². The molecule has 2 rings (SSSR count). The summed E-state index contributed by atoms with van der Waals surface area (Å²) in [7, 11) is 0. The lowest BCUT2D eigenvalue weighted by Crippen LogP contribution is -2.56. The Morgan fingerprint density at radius 3 is 2.71 bits per heavy atom. The summed E-state index contributed by atoms with van der Waals surface area (Å²) >= 11 is 9.76. The molecule has 94 valence electrons. The molecule has 0 aromatic carbocycles. The maximum atomic E-state index is 6.36. The van der Waals surface area contributed by atoms with Crippen LogP contribution in [0.25, 0.3) is 0 Å². The maximum absolute atomic E-state index is 6.36. The first-order valence-electron chi connectivity index (χ1n) is 6.03. The second kappa shape index (κ2) is 5.15. The molecular formula is C13H17BrClNO. The highest BCUT2D eigenvalue weighted by Crippen LogP contribution is 2.51. The Balaban J connectivity index is 2.10. The van der Waals surface area contributed by atoms with Gasteiger partial charge in [0.2, 0.25) is 0 Å². The third-order valence-corrected chi connectivity index (χ3v) is 5.01. The molecule has 1 aromatic heterocycles. The Kier molecular flexibility index (Phi) is 3.99. The van der Waals surface area contributed by atoms with E-state index in [0.717, 1.165) is 29.5 Å². The number of aromatic nitrogens is 1. The summed E-state index contributed by atoms with van der Waals surface area (Å²) in [5, 5.41) is 0.239. The van der Waals surface area contributed by atoms with Gasteiger partial charge in [0, 0.05) is 27.9 Å². The van der Waals surface area contributed by atoms with Crippen LogP contribution in [0.15, 0.2) is 22.9 Å². The highest BCUT2D eigenvalue weighted by Gasteiger charge is 2.53. The van der Waals surface area contributed by atoms with Gasteiger partial charge in [0.05, 0.1) is 6.20 Å². The van der Waals surface area contributed by atoms with Crippen LogP contribution < -0.4 is 4.74 Å². The number of nitrogens with zero attached hydrogens (tertiary/aromatic N) is 1. The van der Waals surface area contributed by atoms with E-state index in [-0.39, 0.29) is 16.9 Å². The summed E-state index contributed by atoms with van der Waals surface area (Å²) in [6.07, 6.45) is 6.77. The summed E-state index contributed by atoms with van der Waals surface area (Å²) in [5.41, 5.74) is 0.129. The normalized spacial score (nSPS) is 26.4. The van der Waals surface area contributed by atoms with Crippen molar-refractivity contribution >= 4 is 27.5 Å². The van der Waals surface area contributed by atoms with E-state index in [2.05, 4.69) is 34.8 Å². The molecule has 1 fully saturated rings. The molecule has 1 aliphatic rings. The smallest absolute Gasteiger partial charge is 0.139 e. The molecule has 0 N–H and O–H groups in total. The third-order valence-electron chi connectivity index (χ3n) is 3.96. The quantitative estimate of drug-likeness (QED) is 0.767. The second-order valence-electron chi connectivity index (χ2n) is 4.59. The van der Waals surface area contributed by atoms with Crippen LogP contribution in [0.3, 0.4) is 0 Å². The van der Waals surface area contributed by atoms with E-state index >= 15 is 0 Å². The summed E-state index contributed by atoms with van der Waals surface area (Å²) in [5.74, 6) is 0.819. The molecule has 0 spiro atoms. The van der Waals surface area contributed by atoms with Crippen LogP contribution in [0.1, 0.15) is 33.1 Å². The lowest BCUT2D eigenvalue weighted by atomic mass is 9.62. The average Bonchev–Trinajstić information content (AvgIpc) is 2.30. The molecule has 0 saturated heterocycles. The van der Waals surface area contributed by atoms with Crippen LogP contribution in [0.5, 0.6) is 5.75 Å². The first kappa shape index (κ1) is 13.2. The SMILES string of the molecule is CCC1(CC)C(Cl)CC1Oc1cncc(Br)c1. The van der Waals surface area contributed by atoms with Gasteiger partial charge in [-0.05, 0) is 34.8 Å². The van der Waals surface area contributed by atoms with Crippen LogP contribution in [0.2, 0.25) is 0 Å². The van der Waals surface area contributed by atoms with E-state index in [9.17, 15) is 0 Å². The largest absolute Gasteiger partial charge is 0.488 e. The number of alkyl halides is 1. The Labute approximate surface area is 116 Å². The second-order valence-corrected chi connectivity index (χ2v) is 6.03. The molecule has 1 saturated carbocycles. The van der Waals surface area contributed by atoms with Crippen molar-refractivity contribution in [3.8, 4) is 5.75 Å². The van der Waals surface area contributed by atoms with E-state index in [1.54, 1.807) is 12.4 Å². The molecular weight excluding hydrogens is 302 g/mol. The van der Waals surface area contributed by atoms with Crippen molar-refractivity contribution in [3.63, 3.8) is 0 Å². The summed E-state index contributed by atoms with van der Waals surface area (Å²) in [6, 6.07) is 1.95. The van der Waals surface area contributed by atoms with Gasteiger partial charge in [-0.3, -0.25) is 4.98 Å². The van der Waals surface area contributed by atoms with E-state index in [1.165, 1.54) is 0 Å². The molecule has 17 heavy (non-hydrogen) atoms. The van der Waals surface area contributed by atoms with Crippen molar-refractivity contribution in [2.45, 2.75) is 44.6 Å². The minimum absolute atomic E-state index is 0.129. The number of pyridine rings is 1. The predicted molar refractivity (Wildman–Crippen MR) is 73.6 cm³/mol. The summed E-state index contributed by atoms with van der Waals surface area (Å²) < 4.78 is 6.96. The Hall–Kier alpha value is -0.280. The summed E-state index contributed by atoms with van der Waals surface area (Å²) in [4.78, 5) is 4.11. The standard InChI is InChI=1S/C13H17BrClNO/c1-3-13(4-2)11(15)6-12(13)17-10-5-9(14)7-16-8-10/h5,7-8,11-12H,3-4,6H2,1-2H3. The van der Waals surface area contributed by atoms with E-state index < -0.39 is 0 Å². The molecule has 1 aliphatic carbocycles. The highest BCUT2D eigenvalue weighted by atomic mass is 79.9. The number of ether oxygens (including phenoxy) is 1. The van der Waals surface area contributed by atoms with Crippen molar-refractivity contribution in [1.29, 1.82) is 0 Å². The predicted octanol–water partition coefficient (Wildman–Crippen LogP) is 4.41. The number of halogens is 2. The van der Waals surface area contributed by atoms with Gasteiger partial charge in [-0.2, -0.15) is 0 Å². The molecule has 2 unspecified atom stereocenters. The molecule has 0 amide bonds. The number of rotatable bonds is 4. The van der Waals surface area contributed by atoms with Gasteiger partial charge in [0.15, 0.2) is 0 Å². The van der Waals surface area contributed by atoms with Gasteiger partial charge >= 0.3 is 0 Å². The zero-order valence-corrected chi connectivity index (χ0v) is 12.5. The van der Waals surface area contributed by atoms with Crippen LogP contribution >= 0.6 is 27.5 Å². The van der Waals surface area contributed by atoms with Gasteiger partial charge < -0.3 is 4.74 Å². The van der Waals surface area contributed by atoms with Crippen LogP contribution in [-0.4, -0.2) is 16.5 Å². The summed E-state index contributed by atoms with van der Waals surface area (Å²) in [6.45, 7) is 4.38. The van der Waals surface area contributed by atoms with Crippen LogP contribution in [0.4, 0.5) is 0 Å². The number of hydrogen-bond acceptors (Lipinski definition) is 2. The number of hydrogen-bond donors (Lipinski definition) is 0. The van der Waals surface area contributed by atoms with E-state index in [1.807, 2.05) is 6.07 Å². The molecule has 1 heterocycles. The van der Waals surface area contributed by atoms with Crippen molar-refractivity contribution in [3.05, 3.63) is 22.9 Å². The monoisotopic (exact) mass is 317 g/mol. The molecule has 2 nitrogen and oxygen atoms in total. The molecule has 0 aliphatic heterocycles. The lowest BCUT2D eigenvalue weighted by molar-refractivity contribution is -0.0464. The molecule has 2 atom stereocenters. The fourth-order valence-electron chi connectivity index (χ4n) is 2.63. The van der Waals surface area contributed by atoms with Crippen molar-refractivity contribution in [1.82, 2.24) is 4.98 Å². The first-order chi connectivity index (χ1) is 8.12. The zero-order chi connectivity index (χ0) is 12.5.